The maximum absolute atomic E-state index is 14.6. The predicted molar refractivity (Wildman–Crippen MR) is 112 cm³/mol. The molecule has 0 radical (unpaired) electrons. The smallest absolute Gasteiger partial charge is 0.184 e. The van der Waals surface area contributed by atoms with E-state index in [0.29, 0.717) is 26.2 Å². The Labute approximate surface area is 173 Å². The Morgan fingerprint density at radius 2 is 1.79 bits per heavy atom. The van der Waals surface area contributed by atoms with Gasteiger partial charge in [-0.2, -0.15) is 5.10 Å². The Hall–Kier alpha value is -2.65. The summed E-state index contributed by atoms with van der Waals surface area (Å²) in [6, 6.07) is 9.44. The van der Waals surface area contributed by atoms with E-state index >= 15 is 0 Å². The molecule has 0 amide bonds. The highest BCUT2D eigenvalue weighted by molar-refractivity contribution is 7.80. The number of hydrogen-bond donors (Lipinski definition) is 2. The molecule has 0 aromatic heterocycles. The molecule has 0 bridgehead atoms. The van der Waals surface area contributed by atoms with Crippen molar-refractivity contribution in [3.63, 3.8) is 0 Å². The second-order valence-electron chi connectivity index (χ2n) is 6.78. The van der Waals surface area contributed by atoms with Crippen molar-refractivity contribution < 1.29 is 13.2 Å². The summed E-state index contributed by atoms with van der Waals surface area (Å²) in [5.74, 6) is -2.14. The number of nitrogens with zero attached hydrogens (tertiary/aromatic N) is 3. The number of nitrogens with one attached hydrogen (secondary N) is 1. The normalized spacial score (nSPS) is 15.5. The zero-order valence-corrected chi connectivity index (χ0v) is 16.6. The molecular weight excluding hydrogens is 399 g/mol. The summed E-state index contributed by atoms with van der Waals surface area (Å²) in [7, 11) is 0. The molecule has 1 aliphatic rings. The first-order chi connectivity index (χ1) is 13.9. The largest absolute Gasteiger partial charge is 0.375 e. The molecule has 9 heteroatoms. The van der Waals surface area contributed by atoms with Gasteiger partial charge in [0.15, 0.2) is 16.7 Å². The molecule has 1 saturated heterocycles. The summed E-state index contributed by atoms with van der Waals surface area (Å²) in [5, 5.41) is 3.60. The molecule has 0 unspecified atom stereocenters. The molecule has 0 spiro atoms. The van der Waals surface area contributed by atoms with Crippen molar-refractivity contribution in [3.8, 4) is 0 Å². The average molecular weight is 421 g/mol. The summed E-state index contributed by atoms with van der Waals surface area (Å²) in [4.78, 5) is 4.07. The Morgan fingerprint density at radius 3 is 2.52 bits per heavy atom. The Morgan fingerprint density at radius 1 is 1.03 bits per heavy atom. The number of thiocarbonyl (C=S) groups is 1. The zero-order chi connectivity index (χ0) is 20.8. The summed E-state index contributed by atoms with van der Waals surface area (Å²) in [5.41, 5.74) is 8.80. The number of benzene rings is 2. The molecular formula is C20H22F3N5S. The van der Waals surface area contributed by atoms with Gasteiger partial charge in [-0.1, -0.05) is 12.1 Å². The Balaban J connectivity index is 1.66. The molecule has 1 aliphatic heterocycles. The van der Waals surface area contributed by atoms with Crippen molar-refractivity contribution in [2.75, 3.05) is 31.1 Å². The fourth-order valence-corrected chi connectivity index (χ4v) is 3.33. The molecule has 0 atom stereocenters. The van der Waals surface area contributed by atoms with Gasteiger partial charge in [-0.15, -0.1) is 0 Å². The number of rotatable bonds is 5. The maximum atomic E-state index is 14.6. The van der Waals surface area contributed by atoms with Gasteiger partial charge in [0.05, 0.1) is 11.9 Å². The van der Waals surface area contributed by atoms with E-state index in [1.54, 1.807) is 18.2 Å². The van der Waals surface area contributed by atoms with Crippen LogP contribution in [-0.4, -0.2) is 42.4 Å². The highest BCUT2D eigenvalue weighted by atomic mass is 32.1. The molecule has 0 aliphatic carbocycles. The van der Waals surface area contributed by atoms with Crippen LogP contribution in [-0.2, 0) is 6.54 Å². The molecule has 2 aromatic rings. The van der Waals surface area contributed by atoms with Crippen LogP contribution in [0.2, 0.25) is 0 Å². The van der Waals surface area contributed by atoms with Crippen LogP contribution >= 0.6 is 12.2 Å². The van der Waals surface area contributed by atoms with Crippen LogP contribution in [0.3, 0.4) is 0 Å². The topological polar surface area (TPSA) is 56.9 Å². The number of hydrogen-bond acceptors (Lipinski definition) is 4. The summed E-state index contributed by atoms with van der Waals surface area (Å²) in [6.45, 7) is 3.39. The van der Waals surface area contributed by atoms with Crippen molar-refractivity contribution >= 4 is 29.2 Å². The van der Waals surface area contributed by atoms with E-state index < -0.39 is 11.6 Å². The molecule has 3 N–H and O–H groups in total. The monoisotopic (exact) mass is 421 g/mol. The standard InChI is InChI=1S/C20H22F3N5S/c21-16-5-2-14(3-6-16)13-27-8-1-9-28(11-10-27)17-7-4-15(18(22)19(17)23)12-25-26-20(24)29/h2-7,12H,1,8-11,13H2,(H3,24,26,29). The SMILES string of the molecule is NC(=S)NN=Cc1ccc(N2CCCN(Cc3ccc(F)cc3)CC2)c(F)c1F. The van der Waals surface area contributed by atoms with Crippen LogP contribution in [0.4, 0.5) is 18.9 Å². The molecule has 29 heavy (non-hydrogen) atoms. The lowest BCUT2D eigenvalue weighted by atomic mass is 10.1. The van der Waals surface area contributed by atoms with Gasteiger partial charge in [0.25, 0.3) is 0 Å². The first-order valence-electron chi connectivity index (χ1n) is 9.22. The van der Waals surface area contributed by atoms with Gasteiger partial charge >= 0.3 is 0 Å². The van der Waals surface area contributed by atoms with E-state index in [9.17, 15) is 13.2 Å². The Bertz CT molecular complexity index is 888. The fraction of sp³-hybridized carbons (Fsp3) is 0.300. The van der Waals surface area contributed by atoms with E-state index in [-0.39, 0.29) is 22.2 Å². The lowest BCUT2D eigenvalue weighted by molar-refractivity contribution is 0.285. The van der Waals surface area contributed by atoms with Crippen LogP contribution in [0.5, 0.6) is 0 Å². The summed E-state index contributed by atoms with van der Waals surface area (Å²) in [6.07, 6.45) is 1.94. The van der Waals surface area contributed by atoms with Crippen molar-refractivity contribution in [2.24, 2.45) is 10.8 Å². The van der Waals surface area contributed by atoms with Crippen LogP contribution in [0, 0.1) is 17.5 Å². The van der Waals surface area contributed by atoms with E-state index in [2.05, 4.69) is 27.6 Å². The van der Waals surface area contributed by atoms with E-state index in [1.807, 2.05) is 4.90 Å². The number of nitrogens with two attached hydrogens (primary N) is 1. The van der Waals surface area contributed by atoms with Crippen LogP contribution < -0.4 is 16.1 Å². The minimum absolute atomic E-state index is 0.00255. The van der Waals surface area contributed by atoms with Crippen LogP contribution in [0.15, 0.2) is 41.5 Å². The molecule has 5 nitrogen and oxygen atoms in total. The highest BCUT2D eigenvalue weighted by Gasteiger charge is 2.21. The number of halogens is 3. The van der Waals surface area contributed by atoms with Gasteiger partial charge in [0, 0.05) is 38.3 Å². The van der Waals surface area contributed by atoms with Gasteiger partial charge in [-0.3, -0.25) is 10.3 Å². The van der Waals surface area contributed by atoms with Crippen LogP contribution in [0.1, 0.15) is 17.5 Å². The molecule has 2 aromatic carbocycles. The minimum atomic E-state index is -0.969. The minimum Gasteiger partial charge on any atom is -0.375 e. The first kappa shape index (κ1) is 21.1. The lowest BCUT2D eigenvalue weighted by Crippen LogP contribution is -2.31. The average Bonchev–Trinajstić information content (AvgIpc) is 2.92. The number of hydrazone groups is 1. The fourth-order valence-electron chi connectivity index (χ4n) is 3.28. The van der Waals surface area contributed by atoms with E-state index in [0.717, 1.165) is 24.7 Å². The molecule has 1 heterocycles. The Kier molecular flexibility index (Phi) is 7.05. The van der Waals surface area contributed by atoms with E-state index in [1.165, 1.54) is 18.2 Å². The van der Waals surface area contributed by atoms with Crippen molar-refractivity contribution in [3.05, 3.63) is 65.0 Å². The third-order valence-electron chi connectivity index (χ3n) is 4.72. The van der Waals surface area contributed by atoms with Gasteiger partial charge in [-0.25, -0.2) is 13.2 Å². The van der Waals surface area contributed by atoms with Gasteiger partial charge < -0.3 is 10.6 Å². The quantitative estimate of drug-likeness (QED) is 0.442. The second-order valence-corrected chi connectivity index (χ2v) is 7.22. The number of anilines is 1. The van der Waals surface area contributed by atoms with Crippen molar-refractivity contribution in [2.45, 2.75) is 13.0 Å². The van der Waals surface area contributed by atoms with Gasteiger partial charge in [0.1, 0.15) is 5.82 Å². The van der Waals surface area contributed by atoms with Crippen LogP contribution in [0.25, 0.3) is 0 Å². The first-order valence-corrected chi connectivity index (χ1v) is 9.63. The van der Waals surface area contributed by atoms with Gasteiger partial charge in [-0.05, 0) is 48.5 Å². The third-order valence-corrected chi connectivity index (χ3v) is 4.81. The third kappa shape index (κ3) is 5.68. The molecule has 3 rings (SSSR count). The van der Waals surface area contributed by atoms with Gasteiger partial charge in [0.2, 0.25) is 0 Å². The molecule has 1 fully saturated rings. The zero-order valence-electron chi connectivity index (χ0n) is 15.7. The molecule has 154 valence electrons. The summed E-state index contributed by atoms with van der Waals surface area (Å²) >= 11 is 4.60. The lowest BCUT2D eigenvalue weighted by Gasteiger charge is -2.24. The maximum Gasteiger partial charge on any atom is 0.184 e. The summed E-state index contributed by atoms with van der Waals surface area (Å²) < 4.78 is 42.1. The second kappa shape index (κ2) is 9.71. The highest BCUT2D eigenvalue weighted by Crippen LogP contribution is 2.25. The predicted octanol–water partition coefficient (Wildman–Crippen LogP) is 2.98. The van der Waals surface area contributed by atoms with Crippen molar-refractivity contribution in [1.29, 1.82) is 0 Å². The van der Waals surface area contributed by atoms with E-state index in [4.69, 9.17) is 5.73 Å². The molecule has 0 saturated carbocycles. The van der Waals surface area contributed by atoms with Crippen molar-refractivity contribution in [1.82, 2.24) is 10.3 Å².